The molecule has 0 spiro atoms. The molecule has 0 atom stereocenters. The minimum absolute atomic E-state index is 0.319. The van der Waals surface area contributed by atoms with Crippen LogP contribution in [0.2, 0.25) is 0 Å². The van der Waals surface area contributed by atoms with Gasteiger partial charge in [-0.25, -0.2) is 4.98 Å². The molecule has 0 unspecified atom stereocenters. The Bertz CT molecular complexity index is 1050. The van der Waals surface area contributed by atoms with Gasteiger partial charge >= 0.3 is 0 Å². The molecule has 2 aromatic carbocycles. The third-order valence-electron chi connectivity index (χ3n) is 3.59. The molecule has 0 aliphatic carbocycles. The molecule has 0 saturated heterocycles. The van der Waals surface area contributed by atoms with E-state index in [0.29, 0.717) is 5.56 Å². The first-order chi connectivity index (χ1) is 12.0. The van der Waals surface area contributed by atoms with Gasteiger partial charge in [-0.05, 0) is 36.7 Å². The van der Waals surface area contributed by atoms with Gasteiger partial charge < -0.3 is 0 Å². The monoisotopic (exact) mass is 305 g/mol. The Morgan fingerprint density at radius 2 is 1.95 bits per heavy atom. The van der Waals surface area contributed by atoms with Gasteiger partial charge in [-0.15, -0.1) is 11.3 Å². The quantitative estimate of drug-likeness (QED) is 0.500. The molecule has 22 heavy (non-hydrogen) atoms. The molecule has 0 aliphatic heterocycles. The van der Waals surface area contributed by atoms with Crippen LogP contribution in [-0.4, -0.2) is 9.97 Å². The predicted molar refractivity (Wildman–Crippen MR) is 93.0 cm³/mol. The number of fused-ring (bicyclic) bond motifs is 1. The fourth-order valence-corrected chi connectivity index (χ4v) is 3.27. The maximum Gasteiger partial charge on any atom is 0.0812 e. The minimum Gasteiger partial charge on any atom is -0.256 e. The summed E-state index contributed by atoms with van der Waals surface area (Å²) < 4.78 is 24.0. The third-order valence-corrected chi connectivity index (χ3v) is 4.38. The van der Waals surface area contributed by atoms with Crippen LogP contribution in [0.5, 0.6) is 0 Å². The summed E-state index contributed by atoms with van der Waals surface area (Å²) in [6.07, 6.45) is 1.73. The lowest BCUT2D eigenvalue weighted by atomic mass is 9.98. The van der Waals surface area contributed by atoms with Crippen molar-refractivity contribution in [1.82, 2.24) is 9.97 Å². The summed E-state index contributed by atoms with van der Waals surface area (Å²) >= 11 is 1.60. The van der Waals surface area contributed by atoms with Crippen LogP contribution < -0.4 is 0 Å². The Kier molecular flexibility index (Phi) is 2.49. The summed E-state index contributed by atoms with van der Waals surface area (Å²) in [5.74, 6) is 0. The zero-order valence-electron chi connectivity index (χ0n) is 14.7. The van der Waals surface area contributed by atoms with E-state index in [0.717, 1.165) is 32.6 Å². The number of thiazole rings is 1. The van der Waals surface area contributed by atoms with Crippen molar-refractivity contribution in [3.63, 3.8) is 0 Å². The summed E-state index contributed by atoms with van der Waals surface area (Å²) in [4.78, 5) is 8.83. The maximum absolute atomic E-state index is 7.63. The van der Waals surface area contributed by atoms with E-state index >= 15 is 0 Å². The van der Waals surface area contributed by atoms with E-state index in [2.05, 4.69) is 16.0 Å². The number of aromatic nitrogens is 2. The highest BCUT2D eigenvalue weighted by Gasteiger charge is 2.09. The molecule has 4 aromatic rings. The molecular formula is C19H14N2S. The molecular weight excluding hydrogens is 288 g/mol. The Morgan fingerprint density at radius 3 is 2.91 bits per heavy atom. The van der Waals surface area contributed by atoms with E-state index in [9.17, 15) is 0 Å². The van der Waals surface area contributed by atoms with Crippen molar-refractivity contribution in [2.45, 2.75) is 6.85 Å². The number of pyridine rings is 1. The van der Waals surface area contributed by atoms with Gasteiger partial charge in [0.25, 0.3) is 0 Å². The lowest BCUT2D eigenvalue weighted by Crippen LogP contribution is -1.89. The highest BCUT2D eigenvalue weighted by molar-refractivity contribution is 7.16. The minimum atomic E-state index is -2.13. The normalized spacial score (nSPS) is 13.5. The summed E-state index contributed by atoms with van der Waals surface area (Å²) in [6, 6.07) is 17.0. The highest BCUT2D eigenvalue weighted by Crippen LogP contribution is 2.32. The summed E-state index contributed by atoms with van der Waals surface area (Å²) in [5, 5.41) is 0. The largest absolute Gasteiger partial charge is 0.256 e. The lowest BCUT2D eigenvalue weighted by Gasteiger charge is -2.09. The van der Waals surface area contributed by atoms with Crippen LogP contribution in [-0.2, 0) is 0 Å². The van der Waals surface area contributed by atoms with E-state index in [-0.39, 0.29) is 0 Å². The molecule has 106 valence electrons. The smallest absolute Gasteiger partial charge is 0.0812 e. The summed E-state index contributed by atoms with van der Waals surface area (Å²) in [7, 11) is 0. The maximum atomic E-state index is 7.63. The molecule has 0 saturated carbocycles. The second-order valence-electron chi connectivity index (χ2n) is 5.02. The number of hydrogen-bond donors (Lipinski definition) is 0. The third kappa shape index (κ3) is 2.30. The van der Waals surface area contributed by atoms with Crippen molar-refractivity contribution in [3.8, 4) is 22.4 Å². The Hall–Kier alpha value is -2.52. The summed E-state index contributed by atoms with van der Waals surface area (Å²) in [6.45, 7) is -2.13. The second-order valence-corrected chi connectivity index (χ2v) is 5.90. The van der Waals surface area contributed by atoms with E-state index < -0.39 is 6.85 Å². The Morgan fingerprint density at radius 1 is 0.955 bits per heavy atom. The van der Waals surface area contributed by atoms with Crippen LogP contribution in [0.1, 0.15) is 9.68 Å². The second kappa shape index (κ2) is 5.35. The standard InChI is InChI=1S/C19H14N2S/c1-13-4-2-5-15(10-13)19-16(6-3-9-20-19)14-7-8-17-18(11-14)22-12-21-17/h2-12H,1H3/i1D3. The molecule has 0 aliphatic rings. The zero-order valence-corrected chi connectivity index (χ0v) is 12.5. The first kappa shape index (κ1) is 10.2. The zero-order chi connectivity index (χ0) is 17.4. The van der Waals surface area contributed by atoms with E-state index in [4.69, 9.17) is 4.11 Å². The molecule has 2 nitrogen and oxygen atoms in total. The van der Waals surface area contributed by atoms with Crippen molar-refractivity contribution >= 4 is 21.6 Å². The number of rotatable bonds is 2. The number of nitrogens with zero attached hydrogens (tertiary/aromatic N) is 2. The average Bonchev–Trinajstić information content (AvgIpc) is 3.09. The van der Waals surface area contributed by atoms with Crippen molar-refractivity contribution in [1.29, 1.82) is 0 Å². The molecule has 0 amide bonds. The molecule has 0 radical (unpaired) electrons. The molecule has 3 heteroatoms. The predicted octanol–water partition coefficient (Wildman–Crippen LogP) is 5.33. The van der Waals surface area contributed by atoms with E-state index in [1.54, 1.807) is 35.7 Å². The van der Waals surface area contributed by atoms with Gasteiger partial charge in [-0.1, -0.05) is 35.9 Å². The van der Waals surface area contributed by atoms with Gasteiger partial charge in [0.05, 0.1) is 21.4 Å². The number of hydrogen-bond acceptors (Lipinski definition) is 3. The van der Waals surface area contributed by atoms with Crippen LogP contribution in [0, 0.1) is 6.85 Å². The fraction of sp³-hybridized carbons (Fsp3) is 0.0526. The molecule has 4 rings (SSSR count). The fourth-order valence-electron chi connectivity index (χ4n) is 2.56. The van der Waals surface area contributed by atoms with Crippen LogP contribution in [0.15, 0.2) is 66.3 Å². The Labute approximate surface area is 137 Å². The number of benzene rings is 2. The Balaban J connectivity index is 1.87. The van der Waals surface area contributed by atoms with Gasteiger partial charge in [0.1, 0.15) is 0 Å². The topological polar surface area (TPSA) is 25.8 Å². The van der Waals surface area contributed by atoms with Gasteiger partial charge in [0, 0.05) is 21.4 Å². The van der Waals surface area contributed by atoms with E-state index in [1.807, 2.05) is 35.8 Å². The SMILES string of the molecule is [2H]C([2H])([2H])c1cccc(-c2ncccc2-c2ccc3ncsc3c2)c1. The molecule has 0 N–H and O–H groups in total. The first-order valence-electron chi connectivity index (χ1n) is 8.42. The van der Waals surface area contributed by atoms with Crippen LogP contribution in [0.25, 0.3) is 32.6 Å². The van der Waals surface area contributed by atoms with Gasteiger partial charge in [0.2, 0.25) is 0 Å². The lowest BCUT2D eigenvalue weighted by molar-refractivity contribution is 1.32. The van der Waals surface area contributed by atoms with Crippen molar-refractivity contribution in [3.05, 3.63) is 71.9 Å². The van der Waals surface area contributed by atoms with Crippen molar-refractivity contribution < 1.29 is 4.11 Å². The van der Waals surface area contributed by atoms with Crippen molar-refractivity contribution in [2.75, 3.05) is 0 Å². The van der Waals surface area contributed by atoms with E-state index in [1.165, 1.54) is 0 Å². The highest BCUT2D eigenvalue weighted by atomic mass is 32.1. The first-order valence-corrected chi connectivity index (χ1v) is 7.80. The summed E-state index contributed by atoms with van der Waals surface area (Å²) in [5.41, 5.74) is 6.71. The van der Waals surface area contributed by atoms with Crippen LogP contribution >= 0.6 is 11.3 Å². The average molecular weight is 305 g/mol. The molecule has 0 fully saturated rings. The molecule has 2 heterocycles. The molecule has 0 bridgehead atoms. The van der Waals surface area contributed by atoms with Crippen LogP contribution in [0.4, 0.5) is 0 Å². The van der Waals surface area contributed by atoms with Gasteiger partial charge in [-0.3, -0.25) is 4.98 Å². The van der Waals surface area contributed by atoms with Gasteiger partial charge in [0.15, 0.2) is 0 Å². The van der Waals surface area contributed by atoms with Crippen LogP contribution in [0.3, 0.4) is 0 Å². The molecule has 2 aromatic heterocycles. The number of aryl methyl sites for hydroxylation is 1. The van der Waals surface area contributed by atoms with Crippen molar-refractivity contribution in [2.24, 2.45) is 0 Å². The van der Waals surface area contributed by atoms with Gasteiger partial charge in [-0.2, -0.15) is 0 Å².